The molecule has 84 heavy (non-hydrogen) atoms. The number of hydrogen-bond donors (Lipinski definition) is 7. The second kappa shape index (κ2) is 29.4. The summed E-state index contributed by atoms with van der Waals surface area (Å²) >= 11 is 4.51. The van der Waals surface area contributed by atoms with Gasteiger partial charge in [0.05, 0.1) is 29.9 Å². The van der Waals surface area contributed by atoms with Crippen LogP contribution >= 0.6 is 34.0 Å². The van der Waals surface area contributed by atoms with Crippen LogP contribution in [0, 0.1) is 12.8 Å². The number of benzene rings is 2. The number of rotatable bonds is 16. The van der Waals surface area contributed by atoms with E-state index in [4.69, 9.17) is 5.73 Å². The minimum atomic E-state index is -1.38. The Morgan fingerprint density at radius 1 is 0.774 bits per heavy atom. The van der Waals surface area contributed by atoms with E-state index in [1.165, 1.54) is 32.5 Å². The number of carbonyl (C=O) groups excluding carboxylic acids is 8. The lowest BCUT2D eigenvalue weighted by atomic mass is 9.83. The average Bonchev–Trinajstić information content (AvgIpc) is 4.43. The van der Waals surface area contributed by atoms with Gasteiger partial charge in [0.15, 0.2) is 0 Å². The Balaban J connectivity index is 1.07. The monoisotopic (exact) mass is 1200 g/mol. The zero-order valence-corrected chi connectivity index (χ0v) is 50.1. The standard InChI is InChI=1S/C61H76N12O8S3/c1-3-4-5-6-10-20-53(74)65-48-31-54(75)63-27-14-13-18-45(56(62)76)66-57(77)46(28-41-34-83-52-19-12-11-17-44(41)52)68-60(80)50-30-43(73-33-49(70-71-73)38-22-24-39(25-23-38)51-26-21-37(2)84-51)32-72(50)61(81)55(40-15-8-7-9-16-40)69-59(79)47(67-58(48)78)29-42-35-82-36-64-42/h11-12,17,19,21-26,33-36,40,43,45-48,50,55H,3-10,13-16,18,20,27-32H2,1-2H3,(H2,62,76)(H,63,75)(H,65,74)(H,66,77)(H,67,78)(H,68,80)(H,69,79)/t43-,45-,46-,47-,48-,50-,55-/m0/s1. The average molecular weight is 1200 g/mol. The molecule has 20 nitrogen and oxygen atoms in total. The van der Waals surface area contributed by atoms with Gasteiger partial charge in [0.2, 0.25) is 47.3 Å². The SMILES string of the molecule is CCCCCCCC(=O)N[C@H]1CC(=O)NCCCC[C@@H](C(N)=O)NC(=O)[C@H](Cc2csc3ccccc23)NC(=O)[C@@H]2C[C@H](n3cc(-c4ccc(-c5ccc(C)s5)cc4)nn3)CN2C(=O)[C@H](C2CCCCC2)NC(=O)[C@H](Cc2cscn2)NC1=O. The number of primary amides is 1. The summed E-state index contributed by atoms with van der Waals surface area (Å²) in [5.41, 5.74) is 11.3. The Labute approximate surface area is 501 Å². The molecule has 9 rings (SSSR count). The topological polar surface area (TPSA) is 282 Å². The van der Waals surface area contributed by atoms with E-state index < -0.39 is 96.0 Å². The number of fused-ring (bicyclic) bond motifs is 2. The lowest BCUT2D eigenvalue weighted by molar-refractivity contribution is -0.144. The summed E-state index contributed by atoms with van der Waals surface area (Å²) in [4.78, 5) is 124. The van der Waals surface area contributed by atoms with Crippen molar-refractivity contribution < 1.29 is 38.4 Å². The fraction of sp³-hybridized carbons (Fsp3) is 0.492. The van der Waals surface area contributed by atoms with E-state index in [-0.39, 0.29) is 51.1 Å². The van der Waals surface area contributed by atoms with E-state index >= 15 is 14.4 Å². The Kier molecular flexibility index (Phi) is 21.4. The highest BCUT2D eigenvalue weighted by Crippen LogP contribution is 2.35. The minimum absolute atomic E-state index is 0.0215. The van der Waals surface area contributed by atoms with Gasteiger partial charge in [-0.25, -0.2) is 9.67 Å². The van der Waals surface area contributed by atoms with Crippen LogP contribution in [0.1, 0.15) is 132 Å². The van der Waals surface area contributed by atoms with Gasteiger partial charge in [-0.3, -0.25) is 38.4 Å². The highest BCUT2D eigenvalue weighted by atomic mass is 32.1. The highest BCUT2D eigenvalue weighted by molar-refractivity contribution is 7.17. The second-order valence-electron chi connectivity index (χ2n) is 22.4. The normalized spacial score (nSPS) is 23.0. The van der Waals surface area contributed by atoms with Crippen molar-refractivity contribution in [2.45, 2.75) is 172 Å². The molecular formula is C61H76N12O8S3. The highest BCUT2D eigenvalue weighted by Gasteiger charge is 2.46. The molecule has 2 saturated heterocycles. The van der Waals surface area contributed by atoms with Gasteiger partial charge >= 0.3 is 0 Å². The first-order valence-electron chi connectivity index (χ1n) is 29.5. The van der Waals surface area contributed by atoms with Crippen LogP contribution in [0.25, 0.3) is 31.8 Å². The zero-order chi connectivity index (χ0) is 59.1. The number of thiazole rings is 1. The Morgan fingerprint density at radius 3 is 2.26 bits per heavy atom. The molecule has 0 bridgehead atoms. The first-order valence-corrected chi connectivity index (χ1v) is 32.1. The smallest absolute Gasteiger partial charge is 0.246 e. The predicted octanol–water partition coefficient (Wildman–Crippen LogP) is 6.82. The summed E-state index contributed by atoms with van der Waals surface area (Å²) in [6.45, 7) is 4.27. The van der Waals surface area contributed by atoms with Crippen LogP contribution < -0.4 is 37.6 Å². The van der Waals surface area contributed by atoms with Crippen LogP contribution in [0.4, 0.5) is 0 Å². The molecule has 0 spiro atoms. The number of amides is 8. The summed E-state index contributed by atoms with van der Waals surface area (Å²) in [6.07, 6.45) is 10.4. The van der Waals surface area contributed by atoms with E-state index in [1.807, 2.05) is 53.9 Å². The molecule has 4 aromatic heterocycles. The number of nitrogens with two attached hydrogens (primary N) is 1. The summed E-state index contributed by atoms with van der Waals surface area (Å²) < 4.78 is 2.63. The van der Waals surface area contributed by atoms with Crippen LogP contribution in [0.5, 0.6) is 0 Å². The molecular weight excluding hydrogens is 1120 g/mol. The number of thiophene rings is 2. The van der Waals surface area contributed by atoms with Crippen LogP contribution in [0.3, 0.4) is 0 Å². The molecule has 23 heteroatoms. The maximum Gasteiger partial charge on any atom is 0.246 e. The quantitative estimate of drug-likeness (QED) is 0.0494. The number of aromatic nitrogens is 4. The van der Waals surface area contributed by atoms with E-state index in [0.717, 1.165) is 76.6 Å². The molecule has 3 aliphatic rings. The van der Waals surface area contributed by atoms with Gasteiger partial charge in [0, 0.05) is 64.2 Å². The number of aryl methyl sites for hydroxylation is 1. The number of hydrogen-bond acceptors (Lipinski definition) is 14. The predicted molar refractivity (Wildman–Crippen MR) is 324 cm³/mol. The second-order valence-corrected chi connectivity index (χ2v) is 25.3. The third kappa shape index (κ3) is 16.1. The third-order valence-electron chi connectivity index (χ3n) is 16.2. The zero-order valence-electron chi connectivity index (χ0n) is 47.6. The van der Waals surface area contributed by atoms with Gasteiger partial charge in [0.25, 0.3) is 0 Å². The molecule has 6 aromatic rings. The number of nitrogens with one attached hydrogen (secondary N) is 6. The third-order valence-corrected chi connectivity index (χ3v) is 18.9. The van der Waals surface area contributed by atoms with Crippen molar-refractivity contribution in [1.82, 2.24) is 56.8 Å². The van der Waals surface area contributed by atoms with Gasteiger partial charge in [-0.2, -0.15) is 0 Å². The van der Waals surface area contributed by atoms with Crippen molar-refractivity contribution in [2.24, 2.45) is 11.7 Å². The van der Waals surface area contributed by atoms with Gasteiger partial charge < -0.3 is 42.5 Å². The first kappa shape index (κ1) is 61.2. The van der Waals surface area contributed by atoms with E-state index in [9.17, 15) is 24.0 Å². The van der Waals surface area contributed by atoms with Crippen LogP contribution in [-0.4, -0.2) is 121 Å². The summed E-state index contributed by atoms with van der Waals surface area (Å²) in [7, 11) is 0. The number of carbonyl (C=O) groups is 8. The van der Waals surface area contributed by atoms with Gasteiger partial charge in [0.1, 0.15) is 41.9 Å². The van der Waals surface area contributed by atoms with Gasteiger partial charge in [-0.05, 0) is 91.5 Å². The van der Waals surface area contributed by atoms with Crippen molar-refractivity contribution in [3.8, 4) is 21.7 Å². The van der Waals surface area contributed by atoms with Crippen molar-refractivity contribution >= 4 is 91.4 Å². The molecule has 3 fully saturated rings. The molecule has 446 valence electrons. The van der Waals surface area contributed by atoms with Crippen molar-refractivity contribution in [3.05, 3.63) is 99.3 Å². The molecule has 8 amide bonds. The molecule has 2 aliphatic heterocycles. The van der Waals surface area contributed by atoms with E-state index in [0.29, 0.717) is 43.5 Å². The summed E-state index contributed by atoms with van der Waals surface area (Å²) in [6, 6.07) is 11.9. The number of nitrogens with zero attached hydrogens (tertiary/aromatic N) is 5. The van der Waals surface area contributed by atoms with E-state index in [1.54, 1.807) is 33.1 Å². The summed E-state index contributed by atoms with van der Waals surface area (Å²) in [5.74, 6) is -5.42. The minimum Gasteiger partial charge on any atom is -0.368 e. The van der Waals surface area contributed by atoms with Gasteiger partial charge in [-0.15, -0.1) is 39.1 Å². The fourth-order valence-corrected chi connectivity index (χ4v) is 14.0. The molecule has 7 atom stereocenters. The molecule has 8 N–H and O–H groups in total. The van der Waals surface area contributed by atoms with Crippen LogP contribution in [0.2, 0.25) is 0 Å². The van der Waals surface area contributed by atoms with Crippen molar-refractivity contribution in [1.29, 1.82) is 0 Å². The lowest BCUT2D eigenvalue weighted by Gasteiger charge is -2.35. The van der Waals surface area contributed by atoms with Gasteiger partial charge in [-0.1, -0.05) is 99.5 Å². The number of unbranched alkanes of at least 4 members (excludes halogenated alkanes) is 4. The molecule has 1 aliphatic carbocycles. The Morgan fingerprint density at radius 2 is 1.51 bits per heavy atom. The van der Waals surface area contributed by atoms with Crippen molar-refractivity contribution in [2.75, 3.05) is 13.1 Å². The maximum atomic E-state index is 15.8. The first-order chi connectivity index (χ1) is 40.7. The molecule has 1 saturated carbocycles. The van der Waals surface area contributed by atoms with Crippen molar-refractivity contribution in [3.63, 3.8) is 0 Å². The molecule has 0 radical (unpaired) electrons. The van der Waals surface area contributed by atoms with Crippen LogP contribution in [0.15, 0.2) is 83.1 Å². The summed E-state index contributed by atoms with van der Waals surface area (Å²) in [5, 5.41) is 31.0. The maximum absolute atomic E-state index is 15.8. The fourth-order valence-electron chi connectivity index (χ4n) is 11.6. The Bertz CT molecular complexity index is 3240. The molecule has 6 heterocycles. The lowest BCUT2D eigenvalue weighted by Crippen LogP contribution is -2.61. The molecule has 2 aromatic carbocycles. The van der Waals surface area contributed by atoms with Crippen LogP contribution in [-0.2, 0) is 51.2 Å². The molecule has 0 unspecified atom stereocenters. The largest absolute Gasteiger partial charge is 0.368 e. The Hall–Kier alpha value is -7.37. The van der Waals surface area contributed by atoms with E-state index in [2.05, 4.69) is 73.2 Å².